The molecule has 31 heavy (non-hydrogen) atoms. The SMILES string of the molecule is CN=C(NCCCN1C(=O)C2C3C=CC(C3)C2C1=O)NCCCN(C(C)C)C(C)C.I. The number of likely N-dealkylation sites (tertiary alicyclic amines) is 1. The first-order valence-electron chi connectivity index (χ1n) is 11.6. The van der Waals surface area contributed by atoms with E-state index >= 15 is 0 Å². The number of amides is 2. The Bertz CT molecular complexity index is 655. The summed E-state index contributed by atoms with van der Waals surface area (Å²) in [6.07, 6.45) is 7.04. The number of nitrogens with one attached hydrogen (secondary N) is 2. The molecule has 0 aromatic heterocycles. The van der Waals surface area contributed by atoms with Crippen molar-refractivity contribution in [3.8, 4) is 0 Å². The molecule has 0 aromatic rings. The van der Waals surface area contributed by atoms with E-state index in [-0.39, 0.29) is 59.5 Å². The Morgan fingerprint density at radius 1 is 1.03 bits per heavy atom. The third-order valence-electron chi connectivity index (χ3n) is 6.85. The predicted molar refractivity (Wildman–Crippen MR) is 135 cm³/mol. The second kappa shape index (κ2) is 11.6. The first-order valence-corrected chi connectivity index (χ1v) is 11.6. The molecule has 4 unspecified atom stereocenters. The van der Waals surface area contributed by atoms with E-state index in [1.165, 1.54) is 4.90 Å². The van der Waals surface area contributed by atoms with E-state index in [4.69, 9.17) is 0 Å². The maximum atomic E-state index is 12.7. The summed E-state index contributed by atoms with van der Waals surface area (Å²) in [5, 5.41) is 6.66. The quantitative estimate of drug-likeness (QED) is 0.110. The Hall–Kier alpha value is -1.16. The molecule has 3 aliphatic rings. The standard InChI is InChI=1S/C23H39N5O2.HI/c1-15(2)27(16(3)4)12-6-10-25-23(24-5)26-11-7-13-28-21(29)19-17-8-9-18(14-17)20(19)22(28)30;/h8-9,15-20H,6-7,10-14H2,1-5H3,(H2,24,25,26);1H. The molecule has 2 fully saturated rings. The minimum atomic E-state index is -0.0915. The summed E-state index contributed by atoms with van der Waals surface area (Å²) in [7, 11) is 1.77. The van der Waals surface area contributed by atoms with Crippen LogP contribution in [0.1, 0.15) is 47.0 Å². The topological polar surface area (TPSA) is 77.0 Å². The number of guanidine groups is 1. The van der Waals surface area contributed by atoms with Crippen LogP contribution < -0.4 is 10.6 Å². The predicted octanol–water partition coefficient (Wildman–Crippen LogP) is 2.48. The molecule has 3 rings (SSSR count). The number of hydrogen-bond donors (Lipinski definition) is 2. The Balaban J connectivity index is 0.00000341. The third kappa shape index (κ3) is 5.80. The first kappa shape index (κ1) is 26.1. The molecule has 1 heterocycles. The summed E-state index contributed by atoms with van der Waals surface area (Å²) in [6, 6.07) is 1.09. The highest BCUT2D eigenvalue weighted by Gasteiger charge is 2.58. The average Bonchev–Trinajstić information content (AvgIpc) is 3.37. The lowest BCUT2D eigenvalue weighted by molar-refractivity contribution is -0.140. The van der Waals surface area contributed by atoms with E-state index in [0.717, 1.165) is 38.3 Å². The summed E-state index contributed by atoms with van der Waals surface area (Å²) in [5.74, 6) is 1.24. The highest BCUT2D eigenvalue weighted by Crippen LogP contribution is 2.52. The highest BCUT2D eigenvalue weighted by atomic mass is 127. The van der Waals surface area contributed by atoms with Crippen molar-refractivity contribution in [3.63, 3.8) is 0 Å². The van der Waals surface area contributed by atoms with Gasteiger partial charge in [0.1, 0.15) is 0 Å². The van der Waals surface area contributed by atoms with E-state index in [1.807, 2.05) is 0 Å². The minimum absolute atomic E-state index is 0. The van der Waals surface area contributed by atoms with Crippen LogP contribution >= 0.6 is 24.0 Å². The average molecular weight is 546 g/mol. The molecular formula is C23H40IN5O2. The van der Waals surface area contributed by atoms with Crippen LogP contribution in [-0.4, -0.2) is 72.9 Å². The van der Waals surface area contributed by atoms with E-state index < -0.39 is 0 Å². The van der Waals surface area contributed by atoms with Crippen LogP contribution in [0.2, 0.25) is 0 Å². The molecule has 8 heteroatoms. The van der Waals surface area contributed by atoms with Gasteiger partial charge >= 0.3 is 0 Å². The van der Waals surface area contributed by atoms with E-state index in [2.05, 4.69) is 60.4 Å². The highest BCUT2D eigenvalue weighted by molar-refractivity contribution is 14.0. The number of hydrogen-bond acceptors (Lipinski definition) is 4. The zero-order valence-corrected chi connectivity index (χ0v) is 22.0. The largest absolute Gasteiger partial charge is 0.356 e. The number of fused-ring (bicyclic) bond motifs is 5. The van der Waals surface area contributed by atoms with E-state index in [1.54, 1.807) is 7.05 Å². The number of carbonyl (C=O) groups excluding carboxylic acids is 2. The van der Waals surface area contributed by atoms with Crippen molar-refractivity contribution in [2.45, 2.75) is 59.0 Å². The second-order valence-corrected chi connectivity index (χ2v) is 9.39. The normalized spacial score (nSPS) is 27.0. The number of nitrogens with zero attached hydrogens (tertiary/aromatic N) is 3. The van der Waals surface area contributed by atoms with Gasteiger partial charge in [0.15, 0.2) is 5.96 Å². The summed E-state index contributed by atoms with van der Waals surface area (Å²) in [5.41, 5.74) is 0. The number of halogens is 1. The van der Waals surface area contributed by atoms with Gasteiger partial charge < -0.3 is 10.6 Å². The van der Waals surface area contributed by atoms with Gasteiger partial charge in [0.05, 0.1) is 11.8 Å². The number of aliphatic imine (C=N–C) groups is 1. The van der Waals surface area contributed by atoms with Gasteiger partial charge in [-0.25, -0.2) is 0 Å². The molecule has 2 bridgehead atoms. The Kier molecular flexibility index (Phi) is 9.79. The van der Waals surface area contributed by atoms with Crippen molar-refractivity contribution < 1.29 is 9.59 Å². The van der Waals surface area contributed by atoms with Crippen molar-refractivity contribution >= 4 is 41.8 Å². The van der Waals surface area contributed by atoms with Crippen molar-refractivity contribution in [3.05, 3.63) is 12.2 Å². The molecule has 1 saturated carbocycles. The Morgan fingerprint density at radius 3 is 2.03 bits per heavy atom. The van der Waals surface area contributed by atoms with Gasteiger partial charge in [-0.15, -0.1) is 24.0 Å². The van der Waals surface area contributed by atoms with Gasteiger partial charge in [0, 0.05) is 45.3 Å². The fraction of sp³-hybridized carbons (Fsp3) is 0.783. The van der Waals surface area contributed by atoms with Crippen molar-refractivity contribution in [2.75, 3.05) is 33.2 Å². The molecule has 1 aliphatic heterocycles. The summed E-state index contributed by atoms with van der Waals surface area (Å²) in [6.45, 7) is 12.0. The Morgan fingerprint density at radius 2 is 1.55 bits per heavy atom. The van der Waals surface area contributed by atoms with Crippen LogP contribution in [-0.2, 0) is 9.59 Å². The zero-order valence-electron chi connectivity index (χ0n) is 19.6. The minimum Gasteiger partial charge on any atom is -0.356 e. The van der Waals surface area contributed by atoms with Gasteiger partial charge in [-0.2, -0.15) is 0 Å². The van der Waals surface area contributed by atoms with Crippen molar-refractivity contribution in [1.82, 2.24) is 20.4 Å². The zero-order chi connectivity index (χ0) is 21.8. The molecule has 7 nitrogen and oxygen atoms in total. The van der Waals surface area contributed by atoms with Gasteiger partial charge in [-0.05, 0) is 58.8 Å². The van der Waals surface area contributed by atoms with E-state index in [9.17, 15) is 9.59 Å². The lowest BCUT2D eigenvalue weighted by atomic mass is 9.85. The molecule has 0 spiro atoms. The van der Waals surface area contributed by atoms with E-state index in [0.29, 0.717) is 25.2 Å². The van der Waals surface area contributed by atoms with Crippen molar-refractivity contribution in [1.29, 1.82) is 0 Å². The maximum absolute atomic E-state index is 12.7. The van der Waals surface area contributed by atoms with Gasteiger partial charge in [-0.3, -0.25) is 24.4 Å². The van der Waals surface area contributed by atoms with Gasteiger partial charge in [0.2, 0.25) is 11.8 Å². The smallest absolute Gasteiger partial charge is 0.233 e. The van der Waals surface area contributed by atoms with Crippen LogP contribution in [0.3, 0.4) is 0 Å². The third-order valence-corrected chi connectivity index (χ3v) is 6.85. The van der Waals surface area contributed by atoms with Crippen LogP contribution in [0, 0.1) is 23.7 Å². The summed E-state index contributed by atoms with van der Waals surface area (Å²) in [4.78, 5) is 33.7. The summed E-state index contributed by atoms with van der Waals surface area (Å²) < 4.78 is 0. The Labute approximate surface area is 204 Å². The number of imide groups is 1. The lowest BCUT2D eigenvalue weighted by Gasteiger charge is -2.30. The molecule has 176 valence electrons. The fourth-order valence-electron chi connectivity index (χ4n) is 5.43. The van der Waals surface area contributed by atoms with Crippen molar-refractivity contribution in [2.24, 2.45) is 28.7 Å². The first-order chi connectivity index (χ1) is 14.3. The number of rotatable bonds is 10. The molecule has 2 N–H and O–H groups in total. The molecule has 0 radical (unpaired) electrons. The number of carbonyl (C=O) groups is 2. The monoisotopic (exact) mass is 545 g/mol. The molecular weight excluding hydrogens is 505 g/mol. The molecule has 2 aliphatic carbocycles. The summed E-state index contributed by atoms with van der Waals surface area (Å²) >= 11 is 0. The number of allylic oxidation sites excluding steroid dienone is 2. The van der Waals surface area contributed by atoms with Gasteiger partial charge in [-0.1, -0.05) is 12.2 Å². The molecule has 2 amide bonds. The van der Waals surface area contributed by atoms with Crippen LogP contribution in [0.15, 0.2) is 17.1 Å². The van der Waals surface area contributed by atoms with Crippen LogP contribution in [0.25, 0.3) is 0 Å². The molecule has 4 atom stereocenters. The fourth-order valence-corrected chi connectivity index (χ4v) is 5.43. The maximum Gasteiger partial charge on any atom is 0.233 e. The van der Waals surface area contributed by atoms with Crippen LogP contribution in [0.5, 0.6) is 0 Å². The lowest BCUT2D eigenvalue weighted by Crippen LogP contribution is -2.42. The van der Waals surface area contributed by atoms with Crippen LogP contribution in [0.4, 0.5) is 0 Å². The molecule has 0 aromatic carbocycles. The second-order valence-electron chi connectivity index (χ2n) is 9.39. The van der Waals surface area contributed by atoms with Gasteiger partial charge in [0.25, 0.3) is 0 Å². The molecule has 1 saturated heterocycles.